The van der Waals surface area contributed by atoms with E-state index in [2.05, 4.69) is 5.32 Å². The molecule has 0 heterocycles. The van der Waals surface area contributed by atoms with Gasteiger partial charge in [0.2, 0.25) is 0 Å². The zero-order chi connectivity index (χ0) is 19.2. The summed E-state index contributed by atoms with van der Waals surface area (Å²) in [6.07, 6.45) is -0.960. The summed E-state index contributed by atoms with van der Waals surface area (Å²) in [4.78, 5) is 24.7. The van der Waals surface area contributed by atoms with Crippen LogP contribution in [-0.2, 0) is 14.3 Å². The molecule has 0 bridgehead atoms. The van der Waals surface area contributed by atoms with Crippen molar-refractivity contribution in [3.8, 4) is 0 Å². The van der Waals surface area contributed by atoms with Gasteiger partial charge in [0.15, 0.2) is 6.10 Å². The number of esters is 1. The minimum absolute atomic E-state index is 0.0766. The fourth-order valence-corrected chi connectivity index (χ4v) is 3.27. The molecule has 0 aliphatic carbocycles. The number of rotatable bonds is 6. The van der Waals surface area contributed by atoms with Crippen LogP contribution in [-0.4, -0.2) is 23.7 Å². The largest absolute Gasteiger partial charge is 0.452 e. The van der Waals surface area contributed by atoms with E-state index in [0.29, 0.717) is 10.6 Å². The van der Waals surface area contributed by atoms with Crippen molar-refractivity contribution in [2.45, 2.75) is 17.9 Å². The summed E-state index contributed by atoms with van der Waals surface area (Å²) in [5.41, 5.74) is 0.654. The highest BCUT2D eigenvalue weighted by Gasteiger charge is 2.19. The summed E-state index contributed by atoms with van der Waals surface area (Å²) in [6.45, 7) is 1.51. The molecule has 3 aromatic carbocycles. The van der Waals surface area contributed by atoms with E-state index in [9.17, 15) is 14.0 Å². The Labute approximate surface area is 160 Å². The second-order valence-corrected chi connectivity index (χ2v) is 6.88. The molecule has 0 aliphatic heterocycles. The highest BCUT2D eigenvalue weighted by atomic mass is 32.2. The van der Waals surface area contributed by atoms with Crippen LogP contribution in [0.15, 0.2) is 71.6 Å². The molecule has 1 atom stereocenters. The Morgan fingerprint density at radius 2 is 1.74 bits per heavy atom. The number of hydrogen-bond donors (Lipinski definition) is 1. The first-order valence-corrected chi connectivity index (χ1v) is 9.38. The van der Waals surface area contributed by atoms with Gasteiger partial charge in [0.1, 0.15) is 5.82 Å². The maximum atomic E-state index is 13.6. The van der Waals surface area contributed by atoms with Gasteiger partial charge in [-0.15, -0.1) is 11.8 Å². The van der Waals surface area contributed by atoms with Crippen LogP contribution in [0.25, 0.3) is 10.8 Å². The van der Waals surface area contributed by atoms with E-state index in [4.69, 9.17) is 4.74 Å². The standard InChI is InChI=1S/C21H18FNO3S/c1-14(26-20(24)13-27-19-12-5-4-10-17(19)22)21(25)23-18-11-6-8-15-7-2-3-9-16(15)18/h2-12,14H,13H2,1H3,(H,23,25)/t14-/m0/s1. The van der Waals surface area contributed by atoms with Crippen LogP contribution in [0.4, 0.5) is 10.1 Å². The van der Waals surface area contributed by atoms with E-state index >= 15 is 0 Å². The Morgan fingerprint density at radius 1 is 1.04 bits per heavy atom. The molecule has 0 unspecified atom stereocenters. The highest BCUT2D eigenvalue weighted by Crippen LogP contribution is 2.24. The van der Waals surface area contributed by atoms with Crippen molar-refractivity contribution in [3.05, 3.63) is 72.5 Å². The number of nitrogens with one attached hydrogen (secondary N) is 1. The van der Waals surface area contributed by atoms with Gasteiger partial charge in [-0.3, -0.25) is 9.59 Å². The number of halogens is 1. The minimum atomic E-state index is -0.960. The van der Waals surface area contributed by atoms with Crippen LogP contribution in [0, 0.1) is 5.82 Å². The van der Waals surface area contributed by atoms with E-state index in [0.717, 1.165) is 22.5 Å². The lowest BCUT2D eigenvalue weighted by Gasteiger charge is -2.14. The van der Waals surface area contributed by atoms with Crippen molar-refractivity contribution >= 4 is 40.1 Å². The van der Waals surface area contributed by atoms with Gasteiger partial charge in [0, 0.05) is 16.0 Å². The average Bonchev–Trinajstić information content (AvgIpc) is 2.67. The summed E-state index contributed by atoms with van der Waals surface area (Å²) < 4.78 is 18.7. The molecule has 0 saturated heterocycles. The molecule has 0 saturated carbocycles. The van der Waals surface area contributed by atoms with Gasteiger partial charge in [0.25, 0.3) is 5.91 Å². The van der Waals surface area contributed by atoms with Gasteiger partial charge in [-0.25, -0.2) is 4.39 Å². The van der Waals surface area contributed by atoms with Crippen LogP contribution in [0.3, 0.4) is 0 Å². The molecule has 3 rings (SSSR count). The molecule has 4 nitrogen and oxygen atoms in total. The molecular formula is C21H18FNO3S. The number of anilines is 1. The molecule has 0 radical (unpaired) electrons. The molecule has 1 N–H and O–H groups in total. The Hall–Kier alpha value is -2.86. The quantitative estimate of drug-likeness (QED) is 0.498. The lowest BCUT2D eigenvalue weighted by molar-refractivity contribution is -0.150. The predicted molar refractivity (Wildman–Crippen MR) is 105 cm³/mol. The number of fused-ring (bicyclic) bond motifs is 1. The third-order valence-electron chi connectivity index (χ3n) is 3.91. The Morgan fingerprint density at radius 3 is 2.56 bits per heavy atom. The summed E-state index contributed by atoms with van der Waals surface area (Å²) in [5, 5.41) is 4.70. The van der Waals surface area contributed by atoms with Gasteiger partial charge < -0.3 is 10.1 Å². The van der Waals surface area contributed by atoms with Crippen molar-refractivity contribution in [3.63, 3.8) is 0 Å². The summed E-state index contributed by atoms with van der Waals surface area (Å²) in [6, 6.07) is 19.5. The minimum Gasteiger partial charge on any atom is -0.452 e. The van der Waals surface area contributed by atoms with Crippen LogP contribution in [0.5, 0.6) is 0 Å². The molecule has 3 aromatic rings. The Kier molecular flexibility index (Phi) is 6.08. The number of ether oxygens (including phenoxy) is 1. The second-order valence-electron chi connectivity index (χ2n) is 5.87. The lowest BCUT2D eigenvalue weighted by atomic mass is 10.1. The van der Waals surface area contributed by atoms with Crippen LogP contribution in [0.1, 0.15) is 6.92 Å². The smallest absolute Gasteiger partial charge is 0.317 e. The van der Waals surface area contributed by atoms with Crippen molar-refractivity contribution in [1.29, 1.82) is 0 Å². The molecule has 0 aromatic heterocycles. The number of amides is 1. The van der Waals surface area contributed by atoms with Crippen molar-refractivity contribution in [1.82, 2.24) is 0 Å². The Bertz CT molecular complexity index is 971. The lowest BCUT2D eigenvalue weighted by Crippen LogP contribution is -2.30. The fourth-order valence-electron chi connectivity index (χ4n) is 2.55. The Balaban J connectivity index is 1.57. The second kappa shape index (κ2) is 8.68. The normalized spacial score (nSPS) is 11.8. The molecule has 27 heavy (non-hydrogen) atoms. The van der Waals surface area contributed by atoms with E-state index in [1.807, 2.05) is 36.4 Å². The number of hydrogen-bond acceptors (Lipinski definition) is 4. The first-order chi connectivity index (χ1) is 13.0. The number of carbonyl (C=O) groups excluding carboxylic acids is 2. The summed E-state index contributed by atoms with van der Waals surface area (Å²) in [7, 11) is 0. The fraction of sp³-hybridized carbons (Fsp3) is 0.143. The van der Waals surface area contributed by atoms with Crippen molar-refractivity contribution < 1.29 is 18.7 Å². The molecule has 0 aliphatic rings. The molecule has 138 valence electrons. The number of thioether (sulfide) groups is 1. The number of benzene rings is 3. The van der Waals surface area contributed by atoms with Crippen LogP contribution in [0.2, 0.25) is 0 Å². The molecule has 6 heteroatoms. The summed E-state index contributed by atoms with van der Waals surface area (Å²) in [5.74, 6) is -1.47. The monoisotopic (exact) mass is 383 g/mol. The van der Waals surface area contributed by atoms with Crippen LogP contribution >= 0.6 is 11.8 Å². The highest BCUT2D eigenvalue weighted by molar-refractivity contribution is 8.00. The zero-order valence-electron chi connectivity index (χ0n) is 14.6. The maximum Gasteiger partial charge on any atom is 0.317 e. The van der Waals surface area contributed by atoms with E-state index < -0.39 is 23.8 Å². The molecular weight excluding hydrogens is 365 g/mol. The van der Waals surface area contributed by atoms with Gasteiger partial charge in [-0.05, 0) is 30.5 Å². The van der Waals surface area contributed by atoms with E-state index in [-0.39, 0.29) is 5.75 Å². The molecule has 1 amide bonds. The average molecular weight is 383 g/mol. The first-order valence-electron chi connectivity index (χ1n) is 8.40. The van der Waals surface area contributed by atoms with E-state index in [1.54, 1.807) is 24.3 Å². The number of carbonyl (C=O) groups is 2. The van der Waals surface area contributed by atoms with Gasteiger partial charge in [-0.1, -0.05) is 48.5 Å². The maximum absolute atomic E-state index is 13.6. The van der Waals surface area contributed by atoms with E-state index in [1.165, 1.54) is 13.0 Å². The van der Waals surface area contributed by atoms with Crippen molar-refractivity contribution in [2.75, 3.05) is 11.1 Å². The SMILES string of the molecule is C[C@H](OC(=O)CSc1ccccc1F)C(=O)Nc1cccc2ccccc12. The third-order valence-corrected chi connectivity index (χ3v) is 4.93. The molecule has 0 fully saturated rings. The predicted octanol–water partition coefficient (Wildman–Crippen LogP) is 4.64. The summed E-state index contributed by atoms with van der Waals surface area (Å²) >= 11 is 1.03. The molecule has 0 spiro atoms. The van der Waals surface area contributed by atoms with Gasteiger partial charge in [-0.2, -0.15) is 0 Å². The topological polar surface area (TPSA) is 55.4 Å². The third kappa shape index (κ3) is 4.86. The zero-order valence-corrected chi connectivity index (χ0v) is 15.5. The first kappa shape index (κ1) is 18.9. The van der Waals surface area contributed by atoms with Crippen LogP contribution < -0.4 is 5.32 Å². The van der Waals surface area contributed by atoms with Gasteiger partial charge >= 0.3 is 5.97 Å². The van der Waals surface area contributed by atoms with Gasteiger partial charge in [0.05, 0.1) is 5.75 Å². The van der Waals surface area contributed by atoms with Crippen molar-refractivity contribution in [2.24, 2.45) is 0 Å².